The van der Waals surface area contributed by atoms with Gasteiger partial charge in [-0.25, -0.2) is 9.37 Å². The van der Waals surface area contributed by atoms with E-state index in [-0.39, 0.29) is 29.0 Å². The Morgan fingerprint density at radius 1 is 1.12 bits per heavy atom. The van der Waals surface area contributed by atoms with Crippen LogP contribution >= 0.6 is 0 Å². The van der Waals surface area contributed by atoms with Crippen LogP contribution in [-0.4, -0.2) is 62.9 Å². The summed E-state index contributed by atoms with van der Waals surface area (Å²) in [6.07, 6.45) is 11.6. The smallest absolute Gasteiger partial charge is 0.223 e. The molecule has 1 unspecified atom stereocenters. The summed E-state index contributed by atoms with van der Waals surface area (Å²) < 4.78 is 13.6. The number of rotatable bonds is 14. The van der Waals surface area contributed by atoms with Crippen molar-refractivity contribution in [2.75, 3.05) is 26.2 Å². The Hall–Kier alpha value is -3.33. The molecule has 3 aromatic rings. The Morgan fingerprint density at radius 3 is 2.59 bits per heavy atom. The van der Waals surface area contributed by atoms with E-state index < -0.39 is 0 Å². The monoisotopic (exact) mass is 562 g/mol. The zero-order valence-corrected chi connectivity index (χ0v) is 24.3. The summed E-state index contributed by atoms with van der Waals surface area (Å²) in [5.41, 5.74) is 3.56. The number of ketones is 1. The molecule has 0 bridgehead atoms. The van der Waals surface area contributed by atoms with Gasteiger partial charge in [-0.15, -0.1) is 0 Å². The molecular weight excluding hydrogens is 519 g/mol. The summed E-state index contributed by atoms with van der Waals surface area (Å²) in [5, 5.41) is 10.3. The second kappa shape index (κ2) is 13.1. The van der Waals surface area contributed by atoms with Gasteiger partial charge < -0.3 is 15.2 Å². The lowest BCUT2D eigenvalue weighted by atomic mass is 9.90. The highest BCUT2D eigenvalue weighted by molar-refractivity contribution is 5.82. The van der Waals surface area contributed by atoms with Crippen molar-refractivity contribution < 1.29 is 14.0 Å². The van der Waals surface area contributed by atoms with E-state index in [0.29, 0.717) is 31.0 Å². The number of benzene rings is 1. The maximum atomic E-state index is 13.6. The standard InChI is InChI=1S/C32H43FN6O2/c1-3-26(40)9-7-5-6-8-23(19-34-31(41)27-18-32(27)14-16-39(4-2)17-15-32)28-29(24-20-35-36-21-24)38-30(37-28)22-10-12-25(33)13-11-22/h10-13,20-21,23,27H,3-9,14-19H2,1-2H3,(H,34,41)(H,35,36)(H,37,38)/t23-,27?/m1/s1. The predicted octanol–water partition coefficient (Wildman–Crippen LogP) is 5.86. The molecule has 2 aliphatic rings. The van der Waals surface area contributed by atoms with Crippen LogP contribution in [0.2, 0.25) is 0 Å². The molecule has 220 valence electrons. The topological polar surface area (TPSA) is 107 Å². The maximum absolute atomic E-state index is 13.6. The van der Waals surface area contributed by atoms with Gasteiger partial charge in [-0.3, -0.25) is 14.7 Å². The normalized spacial score (nSPS) is 18.9. The second-order valence-corrected chi connectivity index (χ2v) is 11.8. The van der Waals surface area contributed by atoms with Gasteiger partial charge in [-0.1, -0.05) is 26.7 Å². The minimum absolute atomic E-state index is 0.00376. The molecule has 1 amide bonds. The average Bonchev–Trinajstić information content (AvgIpc) is 3.32. The van der Waals surface area contributed by atoms with Crippen molar-refractivity contribution >= 4 is 11.7 Å². The number of imidazole rings is 1. The Bertz CT molecular complexity index is 1290. The quantitative estimate of drug-likeness (QED) is 0.214. The highest BCUT2D eigenvalue weighted by Crippen LogP contribution is 2.59. The first-order valence-corrected chi connectivity index (χ1v) is 15.3. The summed E-state index contributed by atoms with van der Waals surface area (Å²) in [5.74, 6) is 0.935. The molecule has 2 atom stereocenters. The van der Waals surface area contributed by atoms with Crippen LogP contribution in [0, 0.1) is 17.2 Å². The third-order valence-electron chi connectivity index (χ3n) is 9.26. The zero-order chi connectivity index (χ0) is 28.8. The number of halogens is 1. The fourth-order valence-electron chi connectivity index (χ4n) is 6.37. The van der Waals surface area contributed by atoms with E-state index in [0.717, 1.165) is 87.1 Å². The Labute approximate surface area is 241 Å². The van der Waals surface area contributed by atoms with Gasteiger partial charge in [0.2, 0.25) is 5.91 Å². The fraction of sp³-hybridized carbons (Fsp3) is 0.562. The van der Waals surface area contributed by atoms with Crippen molar-refractivity contribution in [1.82, 2.24) is 30.4 Å². The summed E-state index contributed by atoms with van der Waals surface area (Å²) >= 11 is 0. The SMILES string of the molecule is CCC(=O)CCCCC[C@H](CNC(=O)C1CC12CCN(CC)CC2)c1[nH]c(-c2ccc(F)cc2)nc1-c1cn[nH]c1. The second-order valence-electron chi connectivity index (χ2n) is 11.8. The van der Waals surface area contributed by atoms with E-state index in [2.05, 4.69) is 32.3 Å². The van der Waals surface area contributed by atoms with Crippen LogP contribution < -0.4 is 5.32 Å². The van der Waals surface area contributed by atoms with Crippen LogP contribution in [0.5, 0.6) is 0 Å². The van der Waals surface area contributed by atoms with Crippen LogP contribution in [0.15, 0.2) is 36.7 Å². The van der Waals surface area contributed by atoms with E-state index in [1.807, 2.05) is 13.1 Å². The molecule has 0 radical (unpaired) electrons. The lowest BCUT2D eigenvalue weighted by Crippen LogP contribution is -2.37. The van der Waals surface area contributed by atoms with Gasteiger partial charge in [-0.05, 0) is 81.4 Å². The van der Waals surface area contributed by atoms with Crippen molar-refractivity contribution in [2.45, 2.75) is 77.6 Å². The predicted molar refractivity (Wildman–Crippen MR) is 158 cm³/mol. The molecule has 2 fully saturated rings. The van der Waals surface area contributed by atoms with Crippen molar-refractivity contribution in [1.29, 1.82) is 0 Å². The Balaban J connectivity index is 1.32. The van der Waals surface area contributed by atoms with Crippen molar-refractivity contribution in [3.05, 3.63) is 48.2 Å². The number of carbonyl (C=O) groups is 2. The van der Waals surface area contributed by atoms with Crippen molar-refractivity contribution in [3.8, 4) is 22.6 Å². The Kier molecular flexibility index (Phi) is 9.32. The van der Waals surface area contributed by atoms with Gasteiger partial charge in [-0.2, -0.15) is 5.10 Å². The minimum Gasteiger partial charge on any atom is -0.355 e. The number of nitrogens with one attached hydrogen (secondary N) is 3. The van der Waals surface area contributed by atoms with Gasteiger partial charge in [0.05, 0.1) is 11.9 Å². The number of H-pyrrole nitrogens is 2. The van der Waals surface area contributed by atoms with Gasteiger partial charge in [0.1, 0.15) is 17.4 Å². The molecule has 2 aromatic heterocycles. The number of piperidine rings is 1. The minimum atomic E-state index is -0.295. The van der Waals surface area contributed by atoms with Crippen LogP contribution in [0.1, 0.15) is 83.2 Å². The number of nitrogens with zero attached hydrogens (tertiary/aromatic N) is 3. The average molecular weight is 563 g/mol. The van der Waals surface area contributed by atoms with Crippen LogP contribution in [-0.2, 0) is 9.59 Å². The van der Waals surface area contributed by atoms with E-state index in [1.54, 1.807) is 18.3 Å². The van der Waals surface area contributed by atoms with Gasteiger partial charge >= 0.3 is 0 Å². The van der Waals surface area contributed by atoms with Crippen LogP contribution in [0.25, 0.3) is 22.6 Å². The van der Waals surface area contributed by atoms with Gasteiger partial charge in [0, 0.05) is 54.2 Å². The molecule has 3 N–H and O–H groups in total. The molecule has 9 heteroatoms. The molecule has 1 spiro atoms. The first-order valence-electron chi connectivity index (χ1n) is 15.3. The van der Waals surface area contributed by atoms with Gasteiger partial charge in [0.25, 0.3) is 0 Å². The molecule has 3 heterocycles. The number of aromatic amines is 2. The van der Waals surface area contributed by atoms with E-state index in [4.69, 9.17) is 4.98 Å². The molecule has 5 rings (SSSR count). The number of likely N-dealkylation sites (tertiary alicyclic amines) is 1. The highest BCUT2D eigenvalue weighted by atomic mass is 19.1. The van der Waals surface area contributed by atoms with E-state index in [1.165, 1.54) is 12.1 Å². The number of amides is 1. The summed E-state index contributed by atoms with van der Waals surface area (Å²) in [4.78, 5) is 36.1. The van der Waals surface area contributed by atoms with Crippen molar-refractivity contribution in [3.63, 3.8) is 0 Å². The van der Waals surface area contributed by atoms with Crippen LogP contribution in [0.4, 0.5) is 4.39 Å². The third kappa shape index (κ3) is 6.94. The molecule has 41 heavy (non-hydrogen) atoms. The van der Waals surface area contributed by atoms with Crippen molar-refractivity contribution in [2.24, 2.45) is 11.3 Å². The Morgan fingerprint density at radius 2 is 1.90 bits per heavy atom. The molecule has 1 saturated carbocycles. The van der Waals surface area contributed by atoms with E-state index >= 15 is 0 Å². The highest BCUT2D eigenvalue weighted by Gasteiger charge is 2.58. The number of carbonyl (C=O) groups excluding carboxylic acids is 2. The first kappa shape index (κ1) is 29.2. The summed E-state index contributed by atoms with van der Waals surface area (Å²) in [6, 6.07) is 6.30. The number of unbranched alkanes of at least 4 members (excludes halogenated alkanes) is 2. The largest absolute Gasteiger partial charge is 0.355 e. The summed E-state index contributed by atoms with van der Waals surface area (Å²) in [7, 11) is 0. The number of Topliss-reactive ketones (excluding diaryl/α,β-unsaturated/α-hetero) is 1. The fourth-order valence-corrected chi connectivity index (χ4v) is 6.37. The van der Waals surface area contributed by atoms with E-state index in [9.17, 15) is 14.0 Å². The maximum Gasteiger partial charge on any atom is 0.223 e. The summed E-state index contributed by atoms with van der Waals surface area (Å²) in [6.45, 7) is 7.86. The molecular formula is C32H43FN6O2. The third-order valence-corrected chi connectivity index (χ3v) is 9.26. The lowest BCUT2D eigenvalue weighted by molar-refractivity contribution is -0.123. The molecule has 1 aliphatic heterocycles. The molecule has 8 nitrogen and oxygen atoms in total. The molecule has 1 saturated heterocycles. The lowest BCUT2D eigenvalue weighted by Gasteiger charge is -2.31. The number of aromatic nitrogens is 4. The van der Waals surface area contributed by atoms with Crippen LogP contribution in [0.3, 0.4) is 0 Å². The molecule has 1 aliphatic carbocycles. The number of hydrogen-bond donors (Lipinski definition) is 3. The zero-order valence-electron chi connectivity index (χ0n) is 24.3. The first-order chi connectivity index (χ1) is 19.9. The van der Waals surface area contributed by atoms with Gasteiger partial charge in [0.15, 0.2) is 0 Å². The molecule has 1 aromatic carbocycles. The number of hydrogen-bond acceptors (Lipinski definition) is 5.